The molecule has 1 unspecified atom stereocenters. The van der Waals surface area contributed by atoms with Crippen LogP contribution in [0.5, 0.6) is 0 Å². The molecular weight excluding hydrogens is 202 g/mol. The van der Waals surface area contributed by atoms with E-state index in [9.17, 15) is 0 Å². The van der Waals surface area contributed by atoms with Gasteiger partial charge < -0.3 is 14.8 Å². The molecule has 0 heterocycles. The predicted octanol–water partition coefficient (Wildman–Crippen LogP) is 2.21. The highest BCUT2D eigenvalue weighted by molar-refractivity contribution is 4.96. The highest BCUT2D eigenvalue weighted by atomic mass is 16.5. The second-order valence-corrected chi connectivity index (χ2v) is 5.14. The van der Waals surface area contributed by atoms with Gasteiger partial charge in [-0.1, -0.05) is 6.92 Å². The average molecular weight is 229 g/mol. The molecular formula is C13H27NO2. The first kappa shape index (κ1) is 13.9. The number of unbranched alkanes of at least 4 members (excludes halogenated alkanes) is 1. The van der Waals surface area contributed by atoms with Gasteiger partial charge in [-0.05, 0) is 44.6 Å². The molecule has 0 aliphatic heterocycles. The number of ether oxygens (including phenoxy) is 2. The molecule has 16 heavy (non-hydrogen) atoms. The normalized spacial score (nSPS) is 19.7. The largest absolute Gasteiger partial charge is 0.382 e. The third-order valence-electron chi connectivity index (χ3n) is 3.68. The molecule has 0 saturated heterocycles. The molecule has 0 bridgehead atoms. The lowest BCUT2D eigenvalue weighted by Crippen LogP contribution is -2.34. The van der Waals surface area contributed by atoms with Crippen LogP contribution >= 0.6 is 0 Å². The first-order valence-corrected chi connectivity index (χ1v) is 6.49. The maximum absolute atomic E-state index is 5.41. The number of nitrogens with one attached hydrogen (secondary N) is 1. The molecule has 1 aliphatic carbocycles. The zero-order chi connectivity index (χ0) is 11.9. The van der Waals surface area contributed by atoms with E-state index >= 15 is 0 Å². The topological polar surface area (TPSA) is 30.5 Å². The Labute approximate surface area is 99.9 Å². The van der Waals surface area contributed by atoms with E-state index in [2.05, 4.69) is 19.2 Å². The summed E-state index contributed by atoms with van der Waals surface area (Å²) < 4.78 is 10.3. The van der Waals surface area contributed by atoms with Crippen LogP contribution in [-0.4, -0.2) is 39.5 Å². The van der Waals surface area contributed by atoms with Crippen LogP contribution in [0.25, 0.3) is 0 Å². The summed E-state index contributed by atoms with van der Waals surface area (Å²) in [6.07, 6.45) is 5.12. The summed E-state index contributed by atoms with van der Waals surface area (Å²) in [6.45, 7) is 8.08. The van der Waals surface area contributed by atoms with Gasteiger partial charge in [0.05, 0.1) is 13.2 Å². The van der Waals surface area contributed by atoms with Gasteiger partial charge in [0.15, 0.2) is 0 Å². The zero-order valence-electron chi connectivity index (χ0n) is 11.1. The Morgan fingerprint density at radius 1 is 1.19 bits per heavy atom. The minimum atomic E-state index is 0.592. The Hall–Kier alpha value is -0.120. The molecule has 3 nitrogen and oxygen atoms in total. The van der Waals surface area contributed by atoms with E-state index in [4.69, 9.17) is 9.47 Å². The molecule has 1 saturated carbocycles. The summed E-state index contributed by atoms with van der Waals surface area (Å²) in [4.78, 5) is 0. The van der Waals surface area contributed by atoms with Gasteiger partial charge in [0.1, 0.15) is 0 Å². The predicted molar refractivity (Wildman–Crippen MR) is 66.7 cm³/mol. The summed E-state index contributed by atoms with van der Waals surface area (Å²) in [5.41, 5.74) is 0.592. The Morgan fingerprint density at radius 3 is 2.56 bits per heavy atom. The number of rotatable bonds is 10. The second kappa shape index (κ2) is 7.25. The molecule has 1 N–H and O–H groups in total. The van der Waals surface area contributed by atoms with Crippen molar-refractivity contribution in [2.24, 2.45) is 5.41 Å². The van der Waals surface area contributed by atoms with Crippen LogP contribution < -0.4 is 5.32 Å². The minimum absolute atomic E-state index is 0.592. The van der Waals surface area contributed by atoms with Gasteiger partial charge in [-0.15, -0.1) is 0 Å². The van der Waals surface area contributed by atoms with Crippen LogP contribution in [0.3, 0.4) is 0 Å². The monoisotopic (exact) mass is 229 g/mol. The van der Waals surface area contributed by atoms with E-state index in [-0.39, 0.29) is 0 Å². The van der Waals surface area contributed by atoms with Crippen molar-refractivity contribution >= 4 is 0 Å². The maximum atomic E-state index is 5.41. The maximum Gasteiger partial charge on any atom is 0.0700 e. The SMILES string of the molecule is COCCOCCCCNC(C)C1(C)CC1. The van der Waals surface area contributed by atoms with Crippen molar-refractivity contribution in [3.8, 4) is 0 Å². The van der Waals surface area contributed by atoms with E-state index in [0.717, 1.165) is 26.2 Å². The Bertz CT molecular complexity index is 181. The second-order valence-electron chi connectivity index (χ2n) is 5.14. The summed E-state index contributed by atoms with van der Waals surface area (Å²) in [7, 11) is 1.70. The van der Waals surface area contributed by atoms with E-state index in [1.165, 1.54) is 19.3 Å². The van der Waals surface area contributed by atoms with Crippen molar-refractivity contribution in [3.63, 3.8) is 0 Å². The van der Waals surface area contributed by atoms with Crippen LogP contribution in [0.4, 0.5) is 0 Å². The van der Waals surface area contributed by atoms with Gasteiger partial charge in [0, 0.05) is 19.8 Å². The van der Waals surface area contributed by atoms with Crippen LogP contribution in [-0.2, 0) is 9.47 Å². The van der Waals surface area contributed by atoms with Crippen LogP contribution in [0.2, 0.25) is 0 Å². The average Bonchev–Trinajstić information content (AvgIpc) is 3.01. The summed E-state index contributed by atoms with van der Waals surface area (Å²) >= 11 is 0. The molecule has 0 aromatic carbocycles. The van der Waals surface area contributed by atoms with Gasteiger partial charge in [-0.3, -0.25) is 0 Å². The van der Waals surface area contributed by atoms with Gasteiger partial charge in [0.25, 0.3) is 0 Å². The first-order chi connectivity index (χ1) is 7.69. The minimum Gasteiger partial charge on any atom is -0.382 e. The van der Waals surface area contributed by atoms with Crippen LogP contribution in [0, 0.1) is 5.41 Å². The molecule has 1 rings (SSSR count). The number of hydrogen-bond acceptors (Lipinski definition) is 3. The molecule has 96 valence electrons. The molecule has 1 atom stereocenters. The molecule has 0 aromatic heterocycles. The third kappa shape index (κ3) is 5.28. The molecule has 0 amide bonds. The van der Waals surface area contributed by atoms with Crippen molar-refractivity contribution < 1.29 is 9.47 Å². The Kier molecular flexibility index (Phi) is 6.32. The Balaban J connectivity index is 1.81. The van der Waals surface area contributed by atoms with E-state index in [1.54, 1.807) is 7.11 Å². The molecule has 0 aromatic rings. The molecule has 0 spiro atoms. The fourth-order valence-electron chi connectivity index (χ4n) is 1.77. The highest BCUT2D eigenvalue weighted by Gasteiger charge is 2.41. The van der Waals surface area contributed by atoms with Crippen molar-refractivity contribution in [2.45, 2.75) is 45.6 Å². The molecule has 1 fully saturated rings. The molecule has 0 radical (unpaired) electrons. The number of methoxy groups -OCH3 is 1. The zero-order valence-corrected chi connectivity index (χ0v) is 11.1. The Morgan fingerprint density at radius 2 is 1.94 bits per heavy atom. The fraction of sp³-hybridized carbons (Fsp3) is 1.00. The van der Waals surface area contributed by atoms with Crippen molar-refractivity contribution in [2.75, 3.05) is 33.5 Å². The van der Waals surface area contributed by atoms with E-state index in [1.807, 2.05) is 0 Å². The number of hydrogen-bond donors (Lipinski definition) is 1. The summed E-state index contributed by atoms with van der Waals surface area (Å²) in [6, 6.07) is 0.668. The van der Waals surface area contributed by atoms with Crippen molar-refractivity contribution in [1.29, 1.82) is 0 Å². The quantitative estimate of drug-likeness (QED) is 0.583. The van der Waals surface area contributed by atoms with Gasteiger partial charge in [0.2, 0.25) is 0 Å². The molecule has 3 heteroatoms. The molecule has 1 aliphatic rings. The van der Waals surface area contributed by atoms with E-state index < -0.39 is 0 Å². The van der Waals surface area contributed by atoms with Crippen molar-refractivity contribution in [3.05, 3.63) is 0 Å². The lowest BCUT2D eigenvalue weighted by molar-refractivity contribution is 0.0687. The van der Waals surface area contributed by atoms with Gasteiger partial charge >= 0.3 is 0 Å². The summed E-state index contributed by atoms with van der Waals surface area (Å²) in [5.74, 6) is 0. The lowest BCUT2D eigenvalue weighted by atomic mass is 10.0. The smallest absolute Gasteiger partial charge is 0.0700 e. The standard InChI is InChI=1S/C13H27NO2/c1-12(13(2)6-7-13)14-8-4-5-9-16-11-10-15-3/h12,14H,4-11H2,1-3H3. The van der Waals surface area contributed by atoms with E-state index in [0.29, 0.717) is 18.1 Å². The fourth-order valence-corrected chi connectivity index (χ4v) is 1.77. The van der Waals surface area contributed by atoms with Gasteiger partial charge in [-0.2, -0.15) is 0 Å². The summed E-state index contributed by atoms with van der Waals surface area (Å²) in [5, 5.41) is 3.61. The first-order valence-electron chi connectivity index (χ1n) is 6.49. The van der Waals surface area contributed by atoms with Crippen LogP contribution in [0.15, 0.2) is 0 Å². The van der Waals surface area contributed by atoms with Crippen molar-refractivity contribution in [1.82, 2.24) is 5.32 Å². The van der Waals surface area contributed by atoms with Crippen LogP contribution in [0.1, 0.15) is 39.5 Å². The van der Waals surface area contributed by atoms with Gasteiger partial charge in [-0.25, -0.2) is 0 Å². The lowest BCUT2D eigenvalue weighted by Gasteiger charge is -2.20. The highest BCUT2D eigenvalue weighted by Crippen LogP contribution is 2.47. The third-order valence-corrected chi connectivity index (χ3v) is 3.68.